The second-order valence-electron chi connectivity index (χ2n) is 4.95. The van der Waals surface area contributed by atoms with E-state index in [9.17, 15) is 4.79 Å². The molecule has 0 saturated heterocycles. The lowest BCUT2D eigenvalue weighted by Gasteiger charge is -2.30. The minimum absolute atomic E-state index is 0.250. The maximum atomic E-state index is 11.8. The second kappa shape index (κ2) is 3.81. The van der Waals surface area contributed by atoms with Gasteiger partial charge in [-0.2, -0.15) is 5.10 Å². The maximum absolute atomic E-state index is 11.8. The van der Waals surface area contributed by atoms with Crippen LogP contribution in [0.2, 0.25) is 0 Å². The van der Waals surface area contributed by atoms with Crippen LogP contribution in [0.5, 0.6) is 0 Å². The molecule has 5 heteroatoms. The fraction of sp³-hybridized carbons (Fsp3) is 0.636. The lowest BCUT2D eigenvalue weighted by molar-refractivity contribution is 0.0194. The van der Waals surface area contributed by atoms with E-state index in [1.54, 1.807) is 11.1 Å². The zero-order valence-corrected chi connectivity index (χ0v) is 9.93. The quantitative estimate of drug-likeness (QED) is 0.671. The van der Waals surface area contributed by atoms with Crippen molar-refractivity contribution < 1.29 is 9.53 Å². The first kappa shape index (κ1) is 11.0. The highest BCUT2D eigenvalue weighted by atomic mass is 16.6. The van der Waals surface area contributed by atoms with Crippen LogP contribution in [0.1, 0.15) is 26.5 Å². The molecule has 0 saturated carbocycles. The third-order valence-corrected chi connectivity index (χ3v) is 2.39. The molecule has 1 aliphatic heterocycles. The first-order valence-corrected chi connectivity index (χ1v) is 5.44. The van der Waals surface area contributed by atoms with E-state index in [-0.39, 0.29) is 6.09 Å². The van der Waals surface area contributed by atoms with Gasteiger partial charge in [-0.05, 0) is 26.8 Å². The zero-order chi connectivity index (χ0) is 11.8. The Kier molecular flexibility index (Phi) is 2.61. The van der Waals surface area contributed by atoms with Gasteiger partial charge in [0.1, 0.15) is 5.60 Å². The van der Waals surface area contributed by atoms with Crippen molar-refractivity contribution in [1.82, 2.24) is 14.7 Å². The first-order chi connectivity index (χ1) is 7.46. The van der Waals surface area contributed by atoms with E-state index in [4.69, 9.17) is 4.74 Å². The van der Waals surface area contributed by atoms with Gasteiger partial charge >= 0.3 is 6.09 Å². The molecular formula is C11H17N3O2. The van der Waals surface area contributed by atoms with Crippen molar-refractivity contribution >= 4 is 6.09 Å². The summed E-state index contributed by atoms with van der Waals surface area (Å²) in [5, 5.41) is 4.16. The van der Waals surface area contributed by atoms with Gasteiger partial charge in [0.25, 0.3) is 0 Å². The van der Waals surface area contributed by atoms with Crippen molar-refractivity contribution in [2.75, 3.05) is 6.54 Å². The van der Waals surface area contributed by atoms with Gasteiger partial charge < -0.3 is 9.64 Å². The Labute approximate surface area is 95.0 Å². The third-order valence-electron chi connectivity index (χ3n) is 2.39. The fourth-order valence-electron chi connectivity index (χ4n) is 1.67. The van der Waals surface area contributed by atoms with Crippen LogP contribution in [0, 0.1) is 0 Å². The molecule has 1 aromatic heterocycles. The number of nitrogens with zero attached hydrogens (tertiary/aromatic N) is 3. The summed E-state index contributed by atoms with van der Waals surface area (Å²) in [5.74, 6) is 0. The average molecular weight is 223 g/mol. The lowest BCUT2D eigenvalue weighted by atomic mass is 10.2. The molecule has 1 amide bonds. The van der Waals surface area contributed by atoms with E-state index in [2.05, 4.69) is 5.10 Å². The number of hydrogen-bond donors (Lipinski definition) is 0. The van der Waals surface area contributed by atoms with E-state index in [1.165, 1.54) is 0 Å². The van der Waals surface area contributed by atoms with Gasteiger partial charge in [-0.1, -0.05) is 0 Å². The monoisotopic (exact) mass is 223 g/mol. The SMILES string of the molecule is CC(C)(C)OC(=O)N1CCn2nccc2C1. The molecule has 0 radical (unpaired) electrons. The maximum Gasteiger partial charge on any atom is 0.410 e. The van der Waals surface area contributed by atoms with Crippen LogP contribution in [-0.4, -0.2) is 32.9 Å². The van der Waals surface area contributed by atoms with Gasteiger partial charge in [0, 0.05) is 12.7 Å². The molecule has 0 unspecified atom stereocenters. The highest BCUT2D eigenvalue weighted by molar-refractivity contribution is 5.68. The number of carbonyl (C=O) groups is 1. The van der Waals surface area contributed by atoms with Crippen molar-refractivity contribution in [3.63, 3.8) is 0 Å². The molecule has 1 aliphatic rings. The van der Waals surface area contributed by atoms with Crippen LogP contribution in [0.25, 0.3) is 0 Å². The predicted octanol–water partition coefficient (Wildman–Crippen LogP) is 1.63. The lowest BCUT2D eigenvalue weighted by Crippen LogP contribution is -2.41. The van der Waals surface area contributed by atoms with Gasteiger partial charge in [-0.3, -0.25) is 4.68 Å². The summed E-state index contributed by atoms with van der Waals surface area (Å²) >= 11 is 0. The molecular weight excluding hydrogens is 206 g/mol. The molecule has 0 aliphatic carbocycles. The van der Waals surface area contributed by atoms with Crippen LogP contribution in [0.15, 0.2) is 12.3 Å². The van der Waals surface area contributed by atoms with E-state index in [0.717, 1.165) is 12.2 Å². The number of aromatic nitrogens is 2. The number of carbonyl (C=O) groups excluding carboxylic acids is 1. The summed E-state index contributed by atoms with van der Waals surface area (Å²) in [7, 11) is 0. The van der Waals surface area contributed by atoms with Crippen LogP contribution in [0.4, 0.5) is 4.79 Å². The molecule has 5 nitrogen and oxygen atoms in total. The number of fused-ring (bicyclic) bond motifs is 1. The van der Waals surface area contributed by atoms with Gasteiger partial charge in [0.15, 0.2) is 0 Å². The number of hydrogen-bond acceptors (Lipinski definition) is 3. The molecule has 88 valence electrons. The Bertz CT molecular complexity index is 392. The van der Waals surface area contributed by atoms with Crippen molar-refractivity contribution in [2.24, 2.45) is 0 Å². The van der Waals surface area contributed by atoms with Gasteiger partial charge in [-0.25, -0.2) is 4.79 Å². The topological polar surface area (TPSA) is 47.4 Å². The molecule has 0 N–H and O–H groups in total. The van der Waals surface area contributed by atoms with Crippen molar-refractivity contribution in [3.05, 3.63) is 18.0 Å². The summed E-state index contributed by atoms with van der Waals surface area (Å²) < 4.78 is 7.24. The summed E-state index contributed by atoms with van der Waals surface area (Å²) in [6.07, 6.45) is 1.51. The Morgan fingerprint density at radius 1 is 1.44 bits per heavy atom. The minimum Gasteiger partial charge on any atom is -0.444 e. The minimum atomic E-state index is -0.436. The van der Waals surface area contributed by atoms with Crippen molar-refractivity contribution in [2.45, 2.75) is 39.5 Å². The van der Waals surface area contributed by atoms with Crippen LogP contribution < -0.4 is 0 Å². The Morgan fingerprint density at radius 2 is 2.19 bits per heavy atom. The summed E-state index contributed by atoms with van der Waals surface area (Å²) in [4.78, 5) is 13.5. The summed E-state index contributed by atoms with van der Waals surface area (Å²) in [5.41, 5.74) is 0.617. The number of ether oxygens (including phenoxy) is 1. The standard InChI is InChI=1S/C11H17N3O2/c1-11(2,3)16-10(15)13-6-7-14-9(8-13)4-5-12-14/h4-5H,6-8H2,1-3H3. The van der Waals surface area contributed by atoms with E-state index in [1.807, 2.05) is 31.5 Å². The summed E-state index contributed by atoms with van der Waals surface area (Å²) in [6, 6.07) is 1.93. The van der Waals surface area contributed by atoms with Gasteiger partial charge in [0.05, 0.1) is 18.8 Å². The second-order valence-corrected chi connectivity index (χ2v) is 4.95. The molecule has 0 bridgehead atoms. The third kappa shape index (κ3) is 2.35. The molecule has 0 spiro atoms. The Balaban J connectivity index is 2.01. The van der Waals surface area contributed by atoms with Crippen molar-refractivity contribution in [3.8, 4) is 0 Å². The fourth-order valence-corrected chi connectivity index (χ4v) is 1.67. The number of rotatable bonds is 0. The summed E-state index contributed by atoms with van der Waals surface area (Å²) in [6.45, 7) is 7.59. The normalized spacial score (nSPS) is 15.8. The Hall–Kier alpha value is -1.52. The number of amides is 1. The largest absolute Gasteiger partial charge is 0.444 e. The molecule has 2 heterocycles. The highest BCUT2D eigenvalue weighted by Crippen LogP contribution is 2.15. The molecule has 0 fully saturated rings. The zero-order valence-electron chi connectivity index (χ0n) is 9.93. The van der Waals surface area contributed by atoms with E-state index in [0.29, 0.717) is 13.1 Å². The molecule has 2 rings (SSSR count). The van der Waals surface area contributed by atoms with Crippen LogP contribution >= 0.6 is 0 Å². The molecule has 1 aromatic rings. The highest BCUT2D eigenvalue weighted by Gasteiger charge is 2.25. The Morgan fingerprint density at radius 3 is 2.88 bits per heavy atom. The van der Waals surface area contributed by atoms with Crippen LogP contribution in [-0.2, 0) is 17.8 Å². The first-order valence-electron chi connectivity index (χ1n) is 5.44. The predicted molar refractivity (Wildman–Crippen MR) is 58.9 cm³/mol. The van der Waals surface area contributed by atoms with E-state index >= 15 is 0 Å². The molecule has 16 heavy (non-hydrogen) atoms. The average Bonchev–Trinajstić information content (AvgIpc) is 2.61. The smallest absolute Gasteiger partial charge is 0.410 e. The van der Waals surface area contributed by atoms with Gasteiger partial charge in [0.2, 0.25) is 0 Å². The molecule has 0 atom stereocenters. The van der Waals surface area contributed by atoms with Gasteiger partial charge in [-0.15, -0.1) is 0 Å². The molecule has 0 aromatic carbocycles. The van der Waals surface area contributed by atoms with Crippen molar-refractivity contribution in [1.29, 1.82) is 0 Å². The van der Waals surface area contributed by atoms with E-state index < -0.39 is 5.60 Å². The van der Waals surface area contributed by atoms with Crippen LogP contribution in [0.3, 0.4) is 0 Å².